The summed E-state index contributed by atoms with van der Waals surface area (Å²) < 4.78 is 0. The second-order valence-electron chi connectivity index (χ2n) is 5.18. The maximum atomic E-state index is 12.4. The molecular formula is C17H19NO. The van der Waals surface area contributed by atoms with E-state index in [1.54, 1.807) is 6.07 Å². The summed E-state index contributed by atoms with van der Waals surface area (Å²) in [5.74, 6) is 0.498. The van der Waals surface area contributed by atoms with Gasteiger partial charge in [-0.1, -0.05) is 44.2 Å². The Bertz CT molecular complexity index is 597. The molecule has 0 unspecified atom stereocenters. The minimum atomic E-state index is 0.0279. The number of carbonyl (C=O) groups is 1. The molecule has 0 saturated heterocycles. The normalized spacial score (nSPS) is 10.7. The number of benzene rings is 2. The van der Waals surface area contributed by atoms with E-state index < -0.39 is 0 Å². The number of rotatable bonds is 3. The van der Waals surface area contributed by atoms with Crippen LogP contribution >= 0.6 is 0 Å². The van der Waals surface area contributed by atoms with Crippen molar-refractivity contribution in [2.24, 2.45) is 0 Å². The van der Waals surface area contributed by atoms with Crippen LogP contribution in [0.3, 0.4) is 0 Å². The maximum absolute atomic E-state index is 12.4. The van der Waals surface area contributed by atoms with Gasteiger partial charge in [-0.2, -0.15) is 0 Å². The Hall–Kier alpha value is -2.09. The number of aryl methyl sites for hydroxylation is 1. The monoisotopic (exact) mass is 253 g/mol. The highest BCUT2D eigenvalue weighted by Gasteiger charge is 2.12. The van der Waals surface area contributed by atoms with E-state index in [0.29, 0.717) is 22.7 Å². The van der Waals surface area contributed by atoms with Crippen LogP contribution in [0.5, 0.6) is 0 Å². The van der Waals surface area contributed by atoms with Crippen LogP contribution < -0.4 is 5.73 Å². The van der Waals surface area contributed by atoms with Gasteiger partial charge in [0.15, 0.2) is 5.78 Å². The lowest BCUT2D eigenvalue weighted by Gasteiger charge is -2.08. The summed E-state index contributed by atoms with van der Waals surface area (Å²) >= 11 is 0. The van der Waals surface area contributed by atoms with Crippen molar-refractivity contribution in [2.75, 3.05) is 5.73 Å². The van der Waals surface area contributed by atoms with Crippen LogP contribution in [-0.4, -0.2) is 5.78 Å². The predicted molar refractivity (Wildman–Crippen MR) is 79.6 cm³/mol. The standard InChI is InChI=1S/C17H19NO/c1-11(2)13-5-7-14(8-6-13)17(19)16-10-15(18)9-4-12(16)3/h4-11H,18H2,1-3H3. The second kappa shape index (κ2) is 5.27. The van der Waals surface area contributed by atoms with Crippen molar-refractivity contribution in [1.82, 2.24) is 0 Å². The molecule has 2 heteroatoms. The van der Waals surface area contributed by atoms with Crippen LogP contribution in [0, 0.1) is 6.92 Å². The number of ketones is 1. The molecule has 0 aliphatic rings. The van der Waals surface area contributed by atoms with Gasteiger partial charge < -0.3 is 5.73 Å². The Labute approximate surface area is 114 Å². The molecule has 0 aliphatic heterocycles. The van der Waals surface area contributed by atoms with Crippen LogP contribution in [0.4, 0.5) is 5.69 Å². The smallest absolute Gasteiger partial charge is 0.193 e. The molecule has 0 spiro atoms. The number of nitrogen functional groups attached to an aromatic ring is 1. The molecule has 98 valence electrons. The van der Waals surface area contributed by atoms with Gasteiger partial charge in [0, 0.05) is 16.8 Å². The maximum Gasteiger partial charge on any atom is 0.193 e. The molecule has 19 heavy (non-hydrogen) atoms. The average Bonchev–Trinajstić information content (AvgIpc) is 2.41. The van der Waals surface area contributed by atoms with Gasteiger partial charge in [0.1, 0.15) is 0 Å². The number of anilines is 1. The molecule has 2 N–H and O–H groups in total. The Morgan fingerprint density at radius 1 is 1.05 bits per heavy atom. The molecule has 0 bridgehead atoms. The van der Waals surface area contributed by atoms with E-state index in [-0.39, 0.29) is 5.78 Å². The Kier molecular flexibility index (Phi) is 3.70. The molecular weight excluding hydrogens is 234 g/mol. The second-order valence-corrected chi connectivity index (χ2v) is 5.18. The van der Waals surface area contributed by atoms with Crippen LogP contribution in [0.25, 0.3) is 0 Å². The highest BCUT2D eigenvalue weighted by Crippen LogP contribution is 2.19. The van der Waals surface area contributed by atoms with E-state index >= 15 is 0 Å². The molecule has 0 saturated carbocycles. The summed E-state index contributed by atoms with van der Waals surface area (Å²) in [6, 6.07) is 13.2. The molecule has 2 aromatic carbocycles. The first-order chi connectivity index (χ1) is 8.99. The first-order valence-electron chi connectivity index (χ1n) is 6.50. The Morgan fingerprint density at radius 2 is 1.68 bits per heavy atom. The molecule has 0 radical (unpaired) electrons. The van der Waals surface area contributed by atoms with Crippen molar-refractivity contribution < 1.29 is 4.79 Å². The summed E-state index contributed by atoms with van der Waals surface area (Å²) in [6.45, 7) is 6.20. The quantitative estimate of drug-likeness (QED) is 0.665. The molecule has 0 aliphatic carbocycles. The first kappa shape index (κ1) is 13.3. The molecule has 0 atom stereocenters. The molecule has 0 amide bonds. The fourth-order valence-corrected chi connectivity index (χ4v) is 2.06. The fourth-order valence-electron chi connectivity index (χ4n) is 2.06. The average molecular weight is 253 g/mol. The summed E-state index contributed by atoms with van der Waals surface area (Å²) in [7, 11) is 0. The van der Waals surface area contributed by atoms with Crippen molar-refractivity contribution in [1.29, 1.82) is 0 Å². The van der Waals surface area contributed by atoms with Crippen LogP contribution in [-0.2, 0) is 0 Å². The highest BCUT2D eigenvalue weighted by molar-refractivity contribution is 6.10. The Balaban J connectivity index is 2.36. The lowest BCUT2D eigenvalue weighted by Crippen LogP contribution is -2.05. The van der Waals surface area contributed by atoms with Gasteiger partial charge in [-0.25, -0.2) is 0 Å². The third kappa shape index (κ3) is 2.84. The van der Waals surface area contributed by atoms with E-state index in [1.165, 1.54) is 5.56 Å². The van der Waals surface area contributed by atoms with E-state index in [1.807, 2.05) is 43.3 Å². The van der Waals surface area contributed by atoms with Crippen molar-refractivity contribution in [2.45, 2.75) is 26.7 Å². The Morgan fingerprint density at radius 3 is 2.26 bits per heavy atom. The number of hydrogen-bond donors (Lipinski definition) is 1. The fraction of sp³-hybridized carbons (Fsp3) is 0.235. The summed E-state index contributed by atoms with van der Waals surface area (Å²) in [6.07, 6.45) is 0. The van der Waals surface area contributed by atoms with E-state index in [0.717, 1.165) is 5.56 Å². The minimum Gasteiger partial charge on any atom is -0.399 e. The van der Waals surface area contributed by atoms with Crippen molar-refractivity contribution in [3.8, 4) is 0 Å². The zero-order valence-corrected chi connectivity index (χ0v) is 11.6. The van der Waals surface area contributed by atoms with E-state index in [9.17, 15) is 4.79 Å². The molecule has 2 nitrogen and oxygen atoms in total. The largest absolute Gasteiger partial charge is 0.399 e. The highest BCUT2D eigenvalue weighted by atomic mass is 16.1. The third-order valence-corrected chi connectivity index (χ3v) is 3.35. The van der Waals surface area contributed by atoms with Gasteiger partial charge >= 0.3 is 0 Å². The lowest BCUT2D eigenvalue weighted by atomic mass is 9.96. The molecule has 2 rings (SSSR count). The first-order valence-corrected chi connectivity index (χ1v) is 6.50. The van der Waals surface area contributed by atoms with E-state index in [2.05, 4.69) is 13.8 Å². The predicted octanol–water partition coefficient (Wildman–Crippen LogP) is 3.93. The summed E-state index contributed by atoms with van der Waals surface area (Å²) in [5.41, 5.74) is 9.95. The van der Waals surface area contributed by atoms with Gasteiger partial charge in [0.2, 0.25) is 0 Å². The van der Waals surface area contributed by atoms with Gasteiger partial charge in [-0.3, -0.25) is 4.79 Å². The molecule has 2 aromatic rings. The van der Waals surface area contributed by atoms with Crippen LogP contribution in [0.2, 0.25) is 0 Å². The molecule has 0 fully saturated rings. The van der Waals surface area contributed by atoms with Gasteiger partial charge in [0.05, 0.1) is 0 Å². The molecule has 0 aromatic heterocycles. The van der Waals surface area contributed by atoms with Gasteiger partial charge in [-0.15, -0.1) is 0 Å². The lowest BCUT2D eigenvalue weighted by molar-refractivity contribution is 0.103. The summed E-state index contributed by atoms with van der Waals surface area (Å²) in [5, 5.41) is 0. The van der Waals surface area contributed by atoms with Gasteiger partial charge in [-0.05, 0) is 36.1 Å². The zero-order valence-electron chi connectivity index (χ0n) is 11.6. The summed E-state index contributed by atoms with van der Waals surface area (Å²) in [4.78, 5) is 12.4. The number of hydrogen-bond acceptors (Lipinski definition) is 2. The zero-order chi connectivity index (χ0) is 14.0. The van der Waals surface area contributed by atoms with Gasteiger partial charge in [0.25, 0.3) is 0 Å². The van der Waals surface area contributed by atoms with Crippen molar-refractivity contribution >= 4 is 11.5 Å². The topological polar surface area (TPSA) is 43.1 Å². The van der Waals surface area contributed by atoms with Crippen molar-refractivity contribution in [3.05, 3.63) is 64.7 Å². The van der Waals surface area contributed by atoms with Crippen molar-refractivity contribution in [3.63, 3.8) is 0 Å². The molecule has 0 heterocycles. The SMILES string of the molecule is Cc1ccc(N)cc1C(=O)c1ccc(C(C)C)cc1. The number of carbonyl (C=O) groups excluding carboxylic acids is 1. The third-order valence-electron chi connectivity index (χ3n) is 3.35. The number of nitrogens with two attached hydrogens (primary N) is 1. The minimum absolute atomic E-state index is 0.0279. The van der Waals surface area contributed by atoms with Crippen LogP contribution in [0.15, 0.2) is 42.5 Å². The van der Waals surface area contributed by atoms with E-state index in [4.69, 9.17) is 5.73 Å². The van der Waals surface area contributed by atoms with Crippen LogP contribution in [0.1, 0.15) is 46.8 Å².